The number of carbonyl (C=O) groups excluding carboxylic acids is 1. The Kier molecular flexibility index (Phi) is 5.61. The minimum absolute atomic E-state index is 0.193. The van der Waals surface area contributed by atoms with Crippen LogP contribution in [0, 0.1) is 6.92 Å². The topological polar surface area (TPSA) is 86.5 Å². The number of benzene rings is 1. The Balaban J connectivity index is 1.73. The highest BCUT2D eigenvalue weighted by molar-refractivity contribution is 9.10. The van der Waals surface area contributed by atoms with Crippen molar-refractivity contribution in [2.24, 2.45) is 5.73 Å². The van der Waals surface area contributed by atoms with E-state index in [1.165, 1.54) is 6.20 Å². The lowest BCUT2D eigenvalue weighted by molar-refractivity contribution is 0.0962. The molecular weight excluding hydrogens is 410 g/mol. The van der Waals surface area contributed by atoms with Crippen molar-refractivity contribution in [3.05, 3.63) is 82.4 Å². The number of fused-ring (bicyclic) bond motifs is 1. The van der Waals surface area contributed by atoms with Gasteiger partial charge in [0, 0.05) is 28.1 Å². The van der Waals surface area contributed by atoms with Gasteiger partial charge in [-0.3, -0.25) is 9.78 Å². The number of halogens is 1. The number of carbonyl (C=O) groups is 1. The summed E-state index contributed by atoms with van der Waals surface area (Å²) in [5, 5.41) is 2.72. The molecular formula is C20H18BrN3O3. The number of ether oxygens (including phenoxy) is 2. The number of amides is 1. The molecule has 0 fully saturated rings. The van der Waals surface area contributed by atoms with Crippen molar-refractivity contribution in [3.63, 3.8) is 0 Å². The molecule has 0 radical (unpaired) electrons. The SMILES string of the molecule is C=C(/C=C\C(=C/N)c1cc2c(cc1Br)OCO2)NC(=O)c1ncccc1C. The van der Waals surface area contributed by atoms with E-state index in [0.717, 1.165) is 21.2 Å². The van der Waals surface area contributed by atoms with Crippen LogP contribution in [0.25, 0.3) is 5.57 Å². The van der Waals surface area contributed by atoms with Gasteiger partial charge < -0.3 is 20.5 Å². The Hall–Kier alpha value is -3.06. The van der Waals surface area contributed by atoms with Crippen LogP contribution in [0.1, 0.15) is 21.6 Å². The summed E-state index contributed by atoms with van der Waals surface area (Å²) in [5.74, 6) is 1.01. The van der Waals surface area contributed by atoms with Crippen LogP contribution in [0.2, 0.25) is 0 Å². The molecule has 0 saturated heterocycles. The van der Waals surface area contributed by atoms with Gasteiger partial charge in [-0.1, -0.05) is 34.7 Å². The maximum atomic E-state index is 12.3. The van der Waals surface area contributed by atoms with Crippen LogP contribution in [0.15, 0.2) is 65.6 Å². The fourth-order valence-electron chi connectivity index (χ4n) is 2.53. The van der Waals surface area contributed by atoms with E-state index in [-0.39, 0.29) is 12.7 Å². The Morgan fingerprint density at radius 2 is 2.07 bits per heavy atom. The van der Waals surface area contributed by atoms with Crippen molar-refractivity contribution in [2.75, 3.05) is 6.79 Å². The van der Waals surface area contributed by atoms with Crippen LogP contribution >= 0.6 is 15.9 Å². The minimum Gasteiger partial charge on any atom is -0.454 e. The predicted molar refractivity (Wildman–Crippen MR) is 107 cm³/mol. The van der Waals surface area contributed by atoms with Gasteiger partial charge in [0.25, 0.3) is 5.91 Å². The van der Waals surface area contributed by atoms with Gasteiger partial charge in [-0.25, -0.2) is 0 Å². The van der Waals surface area contributed by atoms with Crippen LogP contribution in [0.4, 0.5) is 0 Å². The van der Waals surface area contributed by atoms with E-state index in [9.17, 15) is 4.79 Å². The summed E-state index contributed by atoms with van der Waals surface area (Å²) >= 11 is 3.51. The summed E-state index contributed by atoms with van der Waals surface area (Å²) in [7, 11) is 0. The lowest BCUT2D eigenvalue weighted by atomic mass is 10.1. The molecule has 1 aromatic carbocycles. The van der Waals surface area contributed by atoms with Gasteiger partial charge in [-0.2, -0.15) is 0 Å². The molecule has 1 aliphatic rings. The second kappa shape index (κ2) is 8.09. The Morgan fingerprint density at radius 3 is 2.78 bits per heavy atom. The van der Waals surface area contributed by atoms with E-state index in [0.29, 0.717) is 22.9 Å². The highest BCUT2D eigenvalue weighted by Crippen LogP contribution is 2.39. The molecule has 2 heterocycles. The van der Waals surface area contributed by atoms with Crippen molar-refractivity contribution in [1.29, 1.82) is 0 Å². The Labute approximate surface area is 165 Å². The van der Waals surface area contributed by atoms with Crippen LogP contribution in [0.5, 0.6) is 11.5 Å². The Morgan fingerprint density at radius 1 is 1.33 bits per heavy atom. The second-order valence-electron chi connectivity index (χ2n) is 5.79. The summed E-state index contributed by atoms with van der Waals surface area (Å²) in [6, 6.07) is 7.28. The molecule has 1 aromatic heterocycles. The first-order chi connectivity index (χ1) is 13.0. The molecule has 6 nitrogen and oxygen atoms in total. The monoisotopic (exact) mass is 427 g/mol. The fourth-order valence-corrected chi connectivity index (χ4v) is 3.09. The number of pyridine rings is 1. The zero-order valence-corrected chi connectivity index (χ0v) is 16.2. The standard InChI is InChI=1S/C20H18BrN3O3/c1-12-4-3-7-23-19(12)20(25)24-13(2)5-6-14(10-22)15-8-17-18(9-16(15)21)27-11-26-17/h3-10H,2,11,22H2,1H3,(H,24,25)/b6-5-,14-10+. The van der Waals surface area contributed by atoms with Crippen LogP contribution in [-0.4, -0.2) is 17.7 Å². The first-order valence-corrected chi connectivity index (χ1v) is 8.90. The van der Waals surface area contributed by atoms with Crippen molar-refractivity contribution < 1.29 is 14.3 Å². The van der Waals surface area contributed by atoms with Crippen LogP contribution in [-0.2, 0) is 0 Å². The first kappa shape index (κ1) is 18.7. The van der Waals surface area contributed by atoms with Gasteiger partial charge in [-0.05, 0) is 42.3 Å². The van der Waals surface area contributed by atoms with E-state index >= 15 is 0 Å². The molecule has 138 valence electrons. The molecule has 7 heteroatoms. The first-order valence-electron chi connectivity index (χ1n) is 8.11. The predicted octanol–water partition coefficient (Wildman–Crippen LogP) is 3.68. The van der Waals surface area contributed by atoms with Crippen LogP contribution < -0.4 is 20.5 Å². The third kappa shape index (κ3) is 4.20. The number of nitrogens with two attached hydrogens (primary N) is 1. The molecule has 0 bridgehead atoms. The molecule has 0 atom stereocenters. The largest absolute Gasteiger partial charge is 0.454 e. The molecule has 2 aromatic rings. The number of aromatic nitrogens is 1. The van der Waals surface area contributed by atoms with Crippen molar-refractivity contribution in [1.82, 2.24) is 10.3 Å². The van der Waals surface area contributed by atoms with E-state index in [4.69, 9.17) is 15.2 Å². The number of nitrogens with one attached hydrogen (secondary N) is 1. The molecule has 27 heavy (non-hydrogen) atoms. The van der Waals surface area contributed by atoms with Crippen molar-refractivity contribution in [3.8, 4) is 11.5 Å². The Bertz CT molecular complexity index is 967. The average Bonchev–Trinajstić information content (AvgIpc) is 3.09. The molecule has 0 spiro atoms. The minimum atomic E-state index is -0.315. The zero-order chi connectivity index (χ0) is 19.4. The smallest absolute Gasteiger partial charge is 0.274 e. The number of rotatable bonds is 5. The number of nitrogens with zero attached hydrogens (tertiary/aromatic N) is 1. The van der Waals surface area contributed by atoms with Gasteiger partial charge in [0.15, 0.2) is 11.5 Å². The normalized spacial score (nSPS) is 13.0. The number of aryl methyl sites for hydroxylation is 1. The van der Waals surface area contributed by atoms with E-state index in [1.54, 1.807) is 24.4 Å². The molecule has 1 aliphatic heterocycles. The lowest BCUT2D eigenvalue weighted by Crippen LogP contribution is -2.23. The summed E-state index contributed by atoms with van der Waals surface area (Å²) in [6.45, 7) is 5.88. The molecule has 3 rings (SSSR count). The fraction of sp³-hybridized carbons (Fsp3) is 0.100. The summed E-state index contributed by atoms with van der Waals surface area (Å²) < 4.78 is 11.6. The summed E-state index contributed by atoms with van der Waals surface area (Å²) in [4.78, 5) is 16.4. The molecule has 1 amide bonds. The number of hydrogen-bond acceptors (Lipinski definition) is 5. The summed E-state index contributed by atoms with van der Waals surface area (Å²) in [5.41, 5.74) is 8.91. The van der Waals surface area contributed by atoms with Gasteiger partial charge >= 0.3 is 0 Å². The summed E-state index contributed by atoms with van der Waals surface area (Å²) in [6.07, 6.45) is 6.48. The van der Waals surface area contributed by atoms with E-state index in [1.807, 2.05) is 25.1 Å². The molecule has 0 saturated carbocycles. The van der Waals surface area contributed by atoms with Crippen LogP contribution in [0.3, 0.4) is 0 Å². The van der Waals surface area contributed by atoms with Gasteiger partial charge in [0.1, 0.15) is 5.69 Å². The van der Waals surface area contributed by atoms with Gasteiger partial charge in [0.2, 0.25) is 6.79 Å². The molecule has 0 aliphatic carbocycles. The van der Waals surface area contributed by atoms with E-state index in [2.05, 4.69) is 32.8 Å². The third-order valence-electron chi connectivity index (χ3n) is 3.92. The molecule has 3 N–H and O–H groups in total. The number of allylic oxidation sites excluding steroid dienone is 3. The average molecular weight is 428 g/mol. The second-order valence-corrected chi connectivity index (χ2v) is 6.64. The zero-order valence-electron chi connectivity index (χ0n) is 14.7. The third-order valence-corrected chi connectivity index (χ3v) is 4.57. The van der Waals surface area contributed by atoms with Gasteiger partial charge in [-0.15, -0.1) is 0 Å². The highest BCUT2D eigenvalue weighted by atomic mass is 79.9. The van der Waals surface area contributed by atoms with Crippen molar-refractivity contribution in [2.45, 2.75) is 6.92 Å². The molecule has 0 unspecified atom stereocenters. The maximum absolute atomic E-state index is 12.3. The number of hydrogen-bond donors (Lipinski definition) is 2. The lowest BCUT2D eigenvalue weighted by Gasteiger charge is -2.09. The van der Waals surface area contributed by atoms with Crippen molar-refractivity contribution >= 4 is 27.4 Å². The maximum Gasteiger partial charge on any atom is 0.274 e. The van der Waals surface area contributed by atoms with E-state index < -0.39 is 0 Å². The van der Waals surface area contributed by atoms with Gasteiger partial charge in [0.05, 0.1) is 0 Å². The highest BCUT2D eigenvalue weighted by Gasteiger charge is 2.17. The quantitative estimate of drug-likeness (QED) is 0.710.